The molecule has 3 nitrogen and oxygen atoms in total. The Morgan fingerprint density at radius 3 is 0.937 bits per heavy atom. The molecule has 422 valence electrons. The lowest BCUT2D eigenvalue weighted by atomic mass is 9.12. The van der Waals surface area contributed by atoms with Gasteiger partial charge in [0.05, 0.1) is 49.9 Å². The maximum Gasteiger partial charge on any atom is 0.416 e. The number of carbonyl (C=O) groups excluding carboxylic acids is 1. The second-order valence-electron chi connectivity index (χ2n) is 17.1. The molecule has 0 bridgehead atoms. The van der Waals surface area contributed by atoms with Gasteiger partial charge in [-0.3, -0.25) is 4.79 Å². The molecular weight excluding hydrogens is 1130 g/mol. The van der Waals surface area contributed by atoms with Crippen LogP contribution in [0.25, 0.3) is 10.8 Å². The van der Waals surface area contributed by atoms with E-state index in [1.807, 2.05) is 48.5 Å². The monoisotopic (exact) mass is 1160 g/mol. The first-order valence-corrected chi connectivity index (χ1v) is 21.6. The molecule has 0 aliphatic carbocycles. The number of hydrogen-bond acceptors (Lipinski definition) is 2. The number of alkyl halides is 25. The molecule has 0 aliphatic heterocycles. The quantitative estimate of drug-likeness (QED) is 0.0624. The van der Waals surface area contributed by atoms with E-state index in [-0.39, 0.29) is 12.3 Å². The van der Waals surface area contributed by atoms with Crippen molar-refractivity contribution >= 4 is 44.6 Å². The molecule has 0 N–H and O–H groups in total. The van der Waals surface area contributed by atoms with Crippen LogP contribution >= 0.6 is 0 Å². The molecule has 0 saturated heterocycles. The van der Waals surface area contributed by atoms with Gasteiger partial charge in [0.25, 0.3) is 0 Å². The van der Waals surface area contributed by atoms with E-state index in [4.69, 9.17) is 4.74 Å². The Kier molecular flexibility index (Phi) is 16.4. The summed E-state index contributed by atoms with van der Waals surface area (Å²) in [4.78, 5) is 12.3. The van der Waals surface area contributed by atoms with Crippen molar-refractivity contribution in [1.29, 1.82) is 0 Å². The minimum absolute atomic E-state index is 0.0513. The van der Waals surface area contributed by atoms with Crippen LogP contribution in [0, 0.1) is 0 Å². The van der Waals surface area contributed by atoms with Gasteiger partial charge in [-0.2, -0.15) is 132 Å². The van der Waals surface area contributed by atoms with E-state index in [0.29, 0.717) is 11.4 Å². The highest BCUT2D eigenvalue weighted by Crippen LogP contribution is 2.41. The summed E-state index contributed by atoms with van der Waals surface area (Å²) in [5, 5.41) is 1.72. The Morgan fingerprint density at radius 1 is 0.380 bits per heavy atom. The third-order valence-corrected chi connectivity index (χ3v) is 11.9. The van der Waals surface area contributed by atoms with Crippen molar-refractivity contribution in [2.24, 2.45) is 0 Å². The molecule has 0 saturated carbocycles. The van der Waals surface area contributed by atoms with Gasteiger partial charge in [0.2, 0.25) is 19.2 Å². The highest BCUT2D eigenvalue weighted by atomic mass is 19.4. The zero-order chi connectivity index (χ0) is 59.3. The summed E-state index contributed by atoms with van der Waals surface area (Å²) in [5.41, 5.74) is -29.6. The molecule has 0 radical (unpaired) electrons. The number of ketones is 1. The van der Waals surface area contributed by atoms with Gasteiger partial charge in [-0.05, 0) is 35.7 Å². The van der Waals surface area contributed by atoms with Crippen LogP contribution in [0.15, 0.2) is 140 Å². The number of carbonyl (C=O) groups is 1. The Labute approximate surface area is 426 Å². The second kappa shape index (κ2) is 21.3. The van der Waals surface area contributed by atoms with Gasteiger partial charge in [-0.1, -0.05) is 97.1 Å². The number of ether oxygens (including phenoxy) is 1. The molecule has 7 aromatic rings. The molecule has 0 fully saturated rings. The number of rotatable bonds is 9. The lowest BCUT2D eigenvalue weighted by Gasteiger charge is -2.46. The molecule has 0 spiro atoms. The smallest absolute Gasteiger partial charge is 0.412 e. The van der Waals surface area contributed by atoms with Gasteiger partial charge >= 0.3 is 55.3 Å². The van der Waals surface area contributed by atoms with Crippen LogP contribution < -0.4 is 31.2 Å². The fourth-order valence-corrected chi connectivity index (χ4v) is 8.51. The van der Waals surface area contributed by atoms with E-state index in [1.54, 1.807) is 22.9 Å². The Balaban J connectivity index is 0.000000378. The summed E-state index contributed by atoms with van der Waals surface area (Å²) < 4.78 is 360. The summed E-state index contributed by atoms with van der Waals surface area (Å²) in [6, 6.07) is 9.63. The van der Waals surface area contributed by atoms with Gasteiger partial charge in [0.15, 0.2) is 6.20 Å². The van der Waals surface area contributed by atoms with Crippen LogP contribution in [0.3, 0.4) is 0 Å². The van der Waals surface area contributed by atoms with Crippen molar-refractivity contribution in [1.82, 2.24) is 0 Å². The van der Waals surface area contributed by atoms with Gasteiger partial charge < -0.3 is 4.74 Å². The number of fused-ring (bicyclic) bond motifs is 1. The minimum Gasteiger partial charge on any atom is -0.412 e. The first kappa shape index (κ1) is 60.7. The first-order chi connectivity index (χ1) is 36.1. The van der Waals surface area contributed by atoms with E-state index in [2.05, 4.69) is 0 Å². The normalized spacial score (nSPS) is 13.3. The van der Waals surface area contributed by atoms with E-state index in [0.717, 1.165) is 10.8 Å². The van der Waals surface area contributed by atoms with Crippen molar-refractivity contribution in [3.05, 3.63) is 190 Å². The van der Waals surface area contributed by atoms with Gasteiger partial charge in [0, 0.05) is 11.6 Å². The molecule has 1 heterocycles. The number of halogens is 25. The third-order valence-electron chi connectivity index (χ3n) is 11.9. The van der Waals surface area contributed by atoms with Crippen molar-refractivity contribution < 1.29 is 124 Å². The van der Waals surface area contributed by atoms with Gasteiger partial charge in [-0.25, -0.2) is 4.39 Å². The maximum atomic E-state index is 14.2. The molecule has 0 aliphatic rings. The van der Waals surface area contributed by atoms with Crippen LogP contribution in [0.4, 0.5) is 110 Å². The number of pyridine rings is 1. The van der Waals surface area contributed by atoms with Crippen molar-refractivity contribution in [2.75, 3.05) is 6.86 Å². The molecule has 6 aromatic carbocycles. The fourth-order valence-electron chi connectivity index (χ4n) is 8.51. The highest BCUT2D eigenvalue weighted by molar-refractivity contribution is 7.20. The van der Waals surface area contributed by atoms with Crippen LogP contribution in [0.1, 0.15) is 54.9 Å². The average molecular weight is 1160 g/mol. The highest BCUT2D eigenvalue weighted by Gasteiger charge is 2.47. The molecule has 0 amide bonds. The number of benzene rings is 6. The molecule has 7 rings (SSSR count). The van der Waals surface area contributed by atoms with Crippen LogP contribution in [0.5, 0.6) is 5.88 Å². The lowest BCUT2D eigenvalue weighted by Crippen LogP contribution is -2.75. The standard InChI is InChI=1S/C32H12BF24.C18H15FNO2/c34-25(35,36)13-1-14(26(37,38)39)6-21(5-13)33(22-7-15(27(40,41)42)2-16(8-22)28(43,44)45,23-9-17(29(46,47)48)3-18(10-23)30(49,50)51)24-11-19(31(52,53)54)4-20(12-24)32(55,56)57;19-13-22-18-16-9-5-4-6-14(16)10-11-20(18)12-17(21)15-7-2-1-3-8-15/h1-12H;1-11H,12-13H2/q-1;+1. The third kappa shape index (κ3) is 13.7. The average Bonchev–Trinajstić information content (AvgIpc) is 3.55. The summed E-state index contributed by atoms with van der Waals surface area (Å²) in [7, 11) is 0. The van der Waals surface area contributed by atoms with Gasteiger partial charge in [-0.15, -0.1) is 0 Å². The molecule has 0 atom stereocenters. The Bertz CT molecular complexity index is 2910. The van der Waals surface area contributed by atoms with Crippen molar-refractivity contribution in [3.63, 3.8) is 0 Å². The number of nitrogens with zero attached hydrogens (tertiary/aromatic N) is 1. The number of aromatic nitrogens is 1. The molecule has 0 unspecified atom stereocenters. The van der Waals surface area contributed by atoms with E-state index >= 15 is 0 Å². The van der Waals surface area contributed by atoms with E-state index in [1.165, 1.54) is 0 Å². The predicted octanol–water partition coefficient (Wildman–Crippen LogP) is 14.5. The van der Waals surface area contributed by atoms with Crippen molar-refractivity contribution in [2.45, 2.75) is 56.0 Å². The predicted molar refractivity (Wildman–Crippen MR) is 232 cm³/mol. The molecular formula is C50H27BF25NO2. The summed E-state index contributed by atoms with van der Waals surface area (Å²) in [6.45, 7) is -0.836. The minimum atomic E-state index is -6.13. The van der Waals surface area contributed by atoms with Crippen LogP contribution in [-0.4, -0.2) is 18.8 Å². The number of Topliss-reactive ketones (excluding diaryl/α,β-unsaturated/α-hetero) is 1. The summed E-state index contributed by atoms with van der Waals surface area (Å²) in [5.74, 6) is 0.314. The maximum absolute atomic E-state index is 14.2. The summed E-state index contributed by atoms with van der Waals surface area (Å²) >= 11 is 0. The first-order valence-electron chi connectivity index (χ1n) is 21.6. The van der Waals surface area contributed by atoms with E-state index < -0.39 is 202 Å². The zero-order valence-electron chi connectivity index (χ0n) is 38.5. The van der Waals surface area contributed by atoms with Crippen LogP contribution in [0.2, 0.25) is 0 Å². The SMILES string of the molecule is FC(F)(F)c1cc([B-](c2cc(C(F)(F)F)cc(C(F)(F)F)c2)(c2cc(C(F)(F)F)cc(C(F)(F)F)c2)c2cc(C(F)(F)F)cc(C(F)(F)F)c2)cc(C(F)(F)F)c1.O=C(C[n+]1ccc2ccccc2c1OCF)c1ccccc1. The zero-order valence-corrected chi connectivity index (χ0v) is 38.5. The van der Waals surface area contributed by atoms with Crippen LogP contribution in [-0.2, 0) is 56.0 Å². The van der Waals surface area contributed by atoms with E-state index in [9.17, 15) is 115 Å². The molecule has 1 aromatic heterocycles. The fraction of sp³-hybridized carbons (Fsp3) is 0.200. The number of hydrogen-bond donors (Lipinski definition) is 0. The summed E-state index contributed by atoms with van der Waals surface area (Å²) in [6.07, 6.45) is -53.1. The second-order valence-corrected chi connectivity index (χ2v) is 17.1. The molecule has 79 heavy (non-hydrogen) atoms. The molecule has 29 heteroatoms. The van der Waals surface area contributed by atoms with Gasteiger partial charge in [0.1, 0.15) is 6.15 Å². The Hall–Kier alpha value is -7.49. The lowest BCUT2D eigenvalue weighted by molar-refractivity contribution is -0.687. The largest absolute Gasteiger partial charge is 0.416 e. The Morgan fingerprint density at radius 2 is 0.658 bits per heavy atom. The topological polar surface area (TPSA) is 30.2 Å². The van der Waals surface area contributed by atoms with Crippen molar-refractivity contribution in [3.8, 4) is 5.88 Å².